The van der Waals surface area contributed by atoms with Crippen LogP contribution in [0.1, 0.15) is 33.0 Å². The maximum absolute atomic E-state index is 12.1. The Morgan fingerprint density at radius 3 is 2.79 bits per heavy atom. The Morgan fingerprint density at radius 1 is 1.53 bits per heavy atom. The molecule has 1 heterocycles. The molecule has 0 bridgehead atoms. The van der Waals surface area contributed by atoms with Crippen LogP contribution in [0.3, 0.4) is 0 Å². The number of nitrogens with zero attached hydrogens (tertiary/aromatic N) is 2. The predicted molar refractivity (Wildman–Crippen MR) is 70.1 cm³/mol. The van der Waals surface area contributed by atoms with Gasteiger partial charge in [0, 0.05) is 6.54 Å². The van der Waals surface area contributed by atoms with Crippen LogP contribution in [-0.4, -0.2) is 29.6 Å². The first-order valence-corrected chi connectivity index (χ1v) is 6.23. The highest BCUT2D eigenvalue weighted by molar-refractivity contribution is 5.77. The Kier molecular flexibility index (Phi) is 5.58. The zero-order chi connectivity index (χ0) is 14.3. The van der Waals surface area contributed by atoms with E-state index in [0.717, 1.165) is 0 Å². The highest BCUT2D eigenvalue weighted by Gasteiger charge is 2.18. The van der Waals surface area contributed by atoms with Crippen molar-refractivity contribution in [2.45, 2.75) is 39.3 Å². The van der Waals surface area contributed by atoms with Crippen molar-refractivity contribution in [3.8, 4) is 6.07 Å². The zero-order valence-corrected chi connectivity index (χ0v) is 11.7. The minimum Gasteiger partial charge on any atom is -0.467 e. The first-order chi connectivity index (χ1) is 8.92. The monoisotopic (exact) mass is 264 g/mol. The van der Waals surface area contributed by atoms with Gasteiger partial charge in [0.15, 0.2) is 0 Å². The molecule has 0 saturated heterocycles. The van der Waals surface area contributed by atoms with Crippen LogP contribution < -0.4 is 0 Å². The summed E-state index contributed by atoms with van der Waals surface area (Å²) in [6, 6.07) is 5.61. The third kappa shape index (κ3) is 6.07. The molecule has 0 unspecified atom stereocenters. The molecule has 1 aromatic heterocycles. The summed E-state index contributed by atoms with van der Waals surface area (Å²) in [7, 11) is 0. The SMILES string of the molecule is CC(C)(C)OCC(=O)N(CCC#N)Cc1ccco1. The minimum atomic E-state index is -0.360. The lowest BCUT2D eigenvalue weighted by Crippen LogP contribution is -2.36. The van der Waals surface area contributed by atoms with Crippen molar-refractivity contribution in [2.24, 2.45) is 0 Å². The highest BCUT2D eigenvalue weighted by Crippen LogP contribution is 2.10. The third-order valence-electron chi connectivity index (χ3n) is 2.40. The van der Waals surface area contributed by atoms with Crippen LogP contribution in [0.2, 0.25) is 0 Å². The molecule has 1 amide bonds. The van der Waals surface area contributed by atoms with E-state index in [1.165, 1.54) is 0 Å². The largest absolute Gasteiger partial charge is 0.467 e. The minimum absolute atomic E-state index is 0.00956. The highest BCUT2D eigenvalue weighted by atomic mass is 16.5. The molecule has 1 aromatic rings. The van der Waals surface area contributed by atoms with Crippen molar-refractivity contribution in [3.05, 3.63) is 24.2 Å². The quantitative estimate of drug-likeness (QED) is 0.791. The van der Waals surface area contributed by atoms with Crippen molar-refractivity contribution in [1.82, 2.24) is 4.90 Å². The fraction of sp³-hybridized carbons (Fsp3) is 0.571. The first-order valence-electron chi connectivity index (χ1n) is 6.23. The number of hydrogen-bond donors (Lipinski definition) is 0. The molecule has 19 heavy (non-hydrogen) atoms. The van der Waals surface area contributed by atoms with E-state index in [0.29, 0.717) is 25.3 Å². The fourth-order valence-electron chi connectivity index (χ4n) is 1.44. The Balaban J connectivity index is 2.57. The van der Waals surface area contributed by atoms with E-state index in [1.54, 1.807) is 23.3 Å². The van der Waals surface area contributed by atoms with Crippen LogP contribution in [0.5, 0.6) is 0 Å². The summed E-state index contributed by atoms with van der Waals surface area (Å²) >= 11 is 0. The van der Waals surface area contributed by atoms with Crippen molar-refractivity contribution < 1.29 is 13.9 Å². The molecule has 0 aliphatic rings. The van der Waals surface area contributed by atoms with E-state index < -0.39 is 0 Å². The fourth-order valence-corrected chi connectivity index (χ4v) is 1.44. The van der Waals surface area contributed by atoms with Gasteiger partial charge in [-0.2, -0.15) is 5.26 Å². The normalized spacial score (nSPS) is 11.1. The third-order valence-corrected chi connectivity index (χ3v) is 2.40. The van der Waals surface area contributed by atoms with Gasteiger partial charge in [-0.25, -0.2) is 0 Å². The van der Waals surface area contributed by atoms with Crippen molar-refractivity contribution in [1.29, 1.82) is 5.26 Å². The number of amides is 1. The van der Waals surface area contributed by atoms with E-state index in [-0.39, 0.29) is 18.1 Å². The Morgan fingerprint density at radius 2 is 2.26 bits per heavy atom. The molecule has 0 aromatic carbocycles. The Labute approximate surface area is 113 Å². The summed E-state index contributed by atoms with van der Waals surface area (Å²) in [4.78, 5) is 13.6. The van der Waals surface area contributed by atoms with Crippen LogP contribution in [-0.2, 0) is 16.1 Å². The second-order valence-electron chi connectivity index (χ2n) is 5.20. The number of hydrogen-bond acceptors (Lipinski definition) is 4. The second-order valence-corrected chi connectivity index (χ2v) is 5.20. The maximum Gasteiger partial charge on any atom is 0.249 e. The van der Waals surface area contributed by atoms with Gasteiger partial charge < -0.3 is 14.1 Å². The first kappa shape index (κ1) is 15.3. The van der Waals surface area contributed by atoms with Gasteiger partial charge in [-0.3, -0.25) is 4.79 Å². The number of carbonyl (C=O) groups is 1. The van der Waals surface area contributed by atoms with Gasteiger partial charge in [-0.05, 0) is 32.9 Å². The maximum atomic E-state index is 12.1. The van der Waals surface area contributed by atoms with Gasteiger partial charge in [0.05, 0.1) is 30.9 Å². The number of ether oxygens (including phenoxy) is 1. The zero-order valence-electron chi connectivity index (χ0n) is 11.7. The lowest BCUT2D eigenvalue weighted by molar-refractivity contribution is -0.141. The molecule has 0 aliphatic heterocycles. The molecule has 0 saturated carbocycles. The van der Waals surface area contributed by atoms with Crippen LogP contribution in [0, 0.1) is 11.3 Å². The molecule has 5 heteroatoms. The molecule has 0 N–H and O–H groups in total. The summed E-state index contributed by atoms with van der Waals surface area (Å²) in [6.45, 7) is 6.44. The van der Waals surface area contributed by atoms with E-state index in [9.17, 15) is 4.79 Å². The average molecular weight is 264 g/mol. The topological polar surface area (TPSA) is 66.5 Å². The number of nitriles is 1. The molecule has 0 aliphatic carbocycles. The van der Waals surface area contributed by atoms with Crippen LogP contribution >= 0.6 is 0 Å². The number of furan rings is 1. The lowest BCUT2D eigenvalue weighted by Gasteiger charge is -2.24. The molecule has 0 radical (unpaired) electrons. The summed E-state index contributed by atoms with van der Waals surface area (Å²) in [5.41, 5.74) is -0.360. The smallest absolute Gasteiger partial charge is 0.249 e. The second kappa shape index (κ2) is 6.95. The summed E-state index contributed by atoms with van der Waals surface area (Å²) in [6.07, 6.45) is 1.86. The Bertz CT molecular complexity index is 427. The molecular formula is C14H20N2O3. The predicted octanol–water partition coefficient (Wildman–Crippen LogP) is 2.34. The lowest BCUT2D eigenvalue weighted by atomic mass is 10.2. The van der Waals surface area contributed by atoms with Gasteiger partial charge in [0.2, 0.25) is 5.91 Å². The van der Waals surface area contributed by atoms with Crippen LogP contribution in [0.25, 0.3) is 0 Å². The van der Waals surface area contributed by atoms with Gasteiger partial charge in [0.25, 0.3) is 0 Å². The molecular weight excluding hydrogens is 244 g/mol. The molecule has 0 spiro atoms. The molecule has 0 atom stereocenters. The van der Waals surface area contributed by atoms with Gasteiger partial charge >= 0.3 is 0 Å². The number of rotatable bonds is 6. The van der Waals surface area contributed by atoms with Crippen LogP contribution in [0.4, 0.5) is 0 Å². The Hall–Kier alpha value is -1.80. The van der Waals surface area contributed by atoms with E-state index >= 15 is 0 Å². The molecule has 104 valence electrons. The van der Waals surface area contributed by atoms with E-state index in [4.69, 9.17) is 14.4 Å². The van der Waals surface area contributed by atoms with E-state index in [2.05, 4.69) is 0 Å². The van der Waals surface area contributed by atoms with Crippen molar-refractivity contribution in [3.63, 3.8) is 0 Å². The standard InChI is InChI=1S/C14H20N2O3/c1-14(2,3)19-11-13(17)16(8-5-7-15)10-12-6-4-9-18-12/h4,6,9H,5,8,10-11H2,1-3H3. The van der Waals surface area contributed by atoms with E-state index in [1.807, 2.05) is 26.8 Å². The summed E-state index contributed by atoms with van der Waals surface area (Å²) in [5, 5.41) is 8.64. The molecule has 5 nitrogen and oxygen atoms in total. The molecule has 1 rings (SSSR count). The van der Waals surface area contributed by atoms with Crippen molar-refractivity contribution in [2.75, 3.05) is 13.2 Å². The average Bonchev–Trinajstić information content (AvgIpc) is 2.83. The summed E-state index contributed by atoms with van der Waals surface area (Å²) in [5.74, 6) is 0.559. The summed E-state index contributed by atoms with van der Waals surface area (Å²) < 4.78 is 10.7. The molecule has 0 fully saturated rings. The van der Waals surface area contributed by atoms with Gasteiger partial charge in [-0.15, -0.1) is 0 Å². The number of carbonyl (C=O) groups excluding carboxylic acids is 1. The van der Waals surface area contributed by atoms with Gasteiger partial charge in [-0.1, -0.05) is 0 Å². The van der Waals surface area contributed by atoms with Crippen LogP contribution in [0.15, 0.2) is 22.8 Å². The van der Waals surface area contributed by atoms with Crippen molar-refractivity contribution >= 4 is 5.91 Å². The van der Waals surface area contributed by atoms with Gasteiger partial charge in [0.1, 0.15) is 12.4 Å².